The molecular weight excluding hydrogens is 372 g/mol. The van der Waals surface area contributed by atoms with Crippen LogP contribution in [0.15, 0.2) is 59.0 Å². The van der Waals surface area contributed by atoms with Crippen molar-refractivity contribution in [3.8, 4) is 17.2 Å². The van der Waals surface area contributed by atoms with E-state index in [2.05, 4.69) is 5.32 Å². The van der Waals surface area contributed by atoms with E-state index in [0.717, 1.165) is 11.3 Å². The van der Waals surface area contributed by atoms with Gasteiger partial charge >= 0.3 is 6.03 Å². The number of fused-ring (bicyclic) bond motifs is 1. The molecule has 1 N–H and O–H groups in total. The van der Waals surface area contributed by atoms with E-state index in [-0.39, 0.29) is 12.8 Å². The van der Waals surface area contributed by atoms with Gasteiger partial charge in [-0.1, -0.05) is 18.2 Å². The number of methoxy groups -OCH3 is 1. The van der Waals surface area contributed by atoms with Gasteiger partial charge in [0.2, 0.25) is 6.79 Å². The Balaban J connectivity index is 1.56. The molecule has 2 heterocycles. The van der Waals surface area contributed by atoms with Crippen molar-refractivity contribution in [2.75, 3.05) is 19.2 Å². The second-order valence-electron chi connectivity index (χ2n) is 6.69. The molecule has 0 saturated carbocycles. The van der Waals surface area contributed by atoms with Crippen LogP contribution in [0.2, 0.25) is 0 Å². The Hall–Kier alpha value is -3.61. The number of urea groups is 1. The molecule has 2 amide bonds. The van der Waals surface area contributed by atoms with Crippen LogP contribution in [0, 0.1) is 6.92 Å². The summed E-state index contributed by atoms with van der Waals surface area (Å²) in [6.07, 6.45) is 0. The zero-order chi connectivity index (χ0) is 20.2. The third-order valence-corrected chi connectivity index (χ3v) is 4.59. The number of nitrogens with one attached hydrogen (secondary N) is 1. The largest absolute Gasteiger partial charge is 0.495 e. The highest BCUT2D eigenvalue weighted by Crippen LogP contribution is 2.33. The molecule has 0 bridgehead atoms. The molecule has 0 unspecified atom stereocenters. The smallest absolute Gasteiger partial charge is 0.322 e. The maximum absolute atomic E-state index is 13.1. The highest BCUT2D eigenvalue weighted by molar-refractivity contribution is 5.91. The van der Waals surface area contributed by atoms with E-state index in [4.69, 9.17) is 18.6 Å². The van der Waals surface area contributed by atoms with E-state index in [9.17, 15) is 4.79 Å². The van der Waals surface area contributed by atoms with Crippen LogP contribution < -0.4 is 19.5 Å². The Morgan fingerprint density at radius 3 is 2.69 bits per heavy atom. The molecular formula is C22H22N2O5. The molecule has 0 aliphatic carbocycles. The van der Waals surface area contributed by atoms with Crippen molar-refractivity contribution < 1.29 is 23.4 Å². The zero-order valence-corrected chi connectivity index (χ0v) is 16.3. The highest BCUT2D eigenvalue weighted by Gasteiger charge is 2.20. The molecule has 1 aliphatic heterocycles. The first-order chi connectivity index (χ1) is 14.1. The molecule has 1 aliphatic rings. The van der Waals surface area contributed by atoms with Crippen LogP contribution in [0.1, 0.15) is 17.1 Å². The molecule has 1 aromatic heterocycles. The van der Waals surface area contributed by atoms with Crippen molar-refractivity contribution in [2.45, 2.75) is 20.0 Å². The summed E-state index contributed by atoms with van der Waals surface area (Å²) >= 11 is 0. The molecule has 7 heteroatoms. The van der Waals surface area contributed by atoms with Crippen LogP contribution >= 0.6 is 0 Å². The van der Waals surface area contributed by atoms with Crippen LogP contribution in [0.5, 0.6) is 17.2 Å². The summed E-state index contributed by atoms with van der Waals surface area (Å²) in [6.45, 7) is 2.78. The second-order valence-corrected chi connectivity index (χ2v) is 6.69. The number of hydrogen-bond acceptors (Lipinski definition) is 5. The number of carbonyl (C=O) groups is 1. The molecule has 0 atom stereocenters. The van der Waals surface area contributed by atoms with Crippen LogP contribution in [0.4, 0.5) is 10.5 Å². The topological polar surface area (TPSA) is 73.2 Å². The molecule has 7 nitrogen and oxygen atoms in total. The summed E-state index contributed by atoms with van der Waals surface area (Å²) < 4.78 is 21.8. The fourth-order valence-corrected chi connectivity index (χ4v) is 3.16. The number of nitrogens with zero attached hydrogens (tertiary/aromatic N) is 1. The van der Waals surface area contributed by atoms with E-state index in [1.165, 1.54) is 0 Å². The van der Waals surface area contributed by atoms with Crippen molar-refractivity contribution in [1.82, 2.24) is 4.90 Å². The number of amides is 2. The van der Waals surface area contributed by atoms with Gasteiger partial charge in [-0.2, -0.15) is 0 Å². The first-order valence-electron chi connectivity index (χ1n) is 9.25. The Kier molecular flexibility index (Phi) is 5.29. The fraction of sp³-hybridized carbons (Fsp3) is 0.227. The number of hydrogen-bond donors (Lipinski definition) is 1. The number of anilines is 1. The summed E-state index contributed by atoms with van der Waals surface area (Å²) in [6, 6.07) is 16.4. The van der Waals surface area contributed by atoms with Crippen molar-refractivity contribution >= 4 is 11.7 Å². The van der Waals surface area contributed by atoms with Crippen molar-refractivity contribution in [2.24, 2.45) is 0 Å². The lowest BCUT2D eigenvalue weighted by molar-refractivity contribution is 0.174. The van der Waals surface area contributed by atoms with E-state index >= 15 is 0 Å². The van der Waals surface area contributed by atoms with E-state index in [0.29, 0.717) is 41.8 Å². The summed E-state index contributed by atoms with van der Waals surface area (Å²) in [7, 11) is 1.57. The molecule has 2 aromatic carbocycles. The Bertz CT molecular complexity index is 1010. The number of carbonyl (C=O) groups excluding carboxylic acids is 1. The predicted octanol–water partition coefficient (Wildman–Crippen LogP) is 4.56. The summed E-state index contributed by atoms with van der Waals surface area (Å²) in [5.74, 6) is 3.49. The van der Waals surface area contributed by atoms with Gasteiger partial charge in [-0.15, -0.1) is 0 Å². The van der Waals surface area contributed by atoms with Gasteiger partial charge in [0.05, 0.1) is 19.3 Å². The molecule has 150 valence electrons. The minimum absolute atomic E-state index is 0.211. The van der Waals surface area contributed by atoms with Crippen molar-refractivity contribution in [3.05, 3.63) is 71.7 Å². The van der Waals surface area contributed by atoms with Gasteiger partial charge in [0.25, 0.3) is 0 Å². The Labute approximate surface area is 168 Å². The molecule has 4 rings (SSSR count). The summed E-state index contributed by atoms with van der Waals surface area (Å²) in [5.41, 5.74) is 1.53. The zero-order valence-electron chi connectivity index (χ0n) is 16.3. The number of aryl methyl sites for hydroxylation is 1. The molecule has 0 spiro atoms. The average molecular weight is 394 g/mol. The third-order valence-electron chi connectivity index (χ3n) is 4.59. The van der Waals surface area contributed by atoms with Gasteiger partial charge in [-0.05, 0) is 48.9 Å². The van der Waals surface area contributed by atoms with Gasteiger partial charge in [-0.3, -0.25) is 0 Å². The predicted molar refractivity (Wildman–Crippen MR) is 107 cm³/mol. The number of rotatable bonds is 6. The number of para-hydroxylation sites is 2. The first kappa shape index (κ1) is 18.7. The SMILES string of the molecule is COc1ccccc1NC(=O)N(Cc1ccc2c(c1)OCO2)Cc1ccc(C)o1. The molecule has 0 saturated heterocycles. The van der Waals surface area contributed by atoms with Gasteiger partial charge in [-0.25, -0.2) is 4.79 Å². The molecule has 0 fully saturated rings. The van der Waals surface area contributed by atoms with E-state index in [1.54, 1.807) is 24.1 Å². The van der Waals surface area contributed by atoms with Crippen LogP contribution in [-0.4, -0.2) is 24.8 Å². The quantitative estimate of drug-likeness (QED) is 0.664. The van der Waals surface area contributed by atoms with E-state index < -0.39 is 0 Å². The second kappa shape index (κ2) is 8.18. The highest BCUT2D eigenvalue weighted by atomic mass is 16.7. The fourth-order valence-electron chi connectivity index (χ4n) is 3.16. The normalized spacial score (nSPS) is 11.9. The molecule has 29 heavy (non-hydrogen) atoms. The van der Waals surface area contributed by atoms with Gasteiger partial charge in [0.15, 0.2) is 11.5 Å². The third kappa shape index (κ3) is 4.29. The summed E-state index contributed by atoms with van der Waals surface area (Å²) in [5, 5.41) is 2.93. The lowest BCUT2D eigenvalue weighted by Crippen LogP contribution is -2.34. The number of furan rings is 1. The Morgan fingerprint density at radius 2 is 1.90 bits per heavy atom. The van der Waals surface area contributed by atoms with Gasteiger partial charge in [0, 0.05) is 6.54 Å². The maximum atomic E-state index is 13.1. The standard InChI is InChI=1S/C22H22N2O5/c1-15-7-9-17(29-15)13-24(12-16-8-10-20-21(11-16)28-14-27-20)22(25)23-18-5-3-4-6-19(18)26-2/h3-11H,12-14H2,1-2H3,(H,23,25). The maximum Gasteiger partial charge on any atom is 0.322 e. The lowest BCUT2D eigenvalue weighted by Gasteiger charge is -2.23. The van der Waals surface area contributed by atoms with Gasteiger partial charge in [0.1, 0.15) is 17.3 Å². The van der Waals surface area contributed by atoms with Crippen molar-refractivity contribution in [1.29, 1.82) is 0 Å². The number of ether oxygens (including phenoxy) is 3. The molecule has 3 aromatic rings. The first-order valence-corrected chi connectivity index (χ1v) is 9.25. The van der Waals surface area contributed by atoms with Crippen LogP contribution in [-0.2, 0) is 13.1 Å². The number of benzene rings is 2. The van der Waals surface area contributed by atoms with Gasteiger partial charge < -0.3 is 28.8 Å². The lowest BCUT2D eigenvalue weighted by atomic mass is 10.2. The monoisotopic (exact) mass is 394 g/mol. The Morgan fingerprint density at radius 1 is 1.07 bits per heavy atom. The van der Waals surface area contributed by atoms with Crippen molar-refractivity contribution in [3.63, 3.8) is 0 Å². The molecule has 0 radical (unpaired) electrons. The minimum atomic E-state index is -0.263. The van der Waals surface area contributed by atoms with E-state index in [1.807, 2.05) is 49.4 Å². The average Bonchev–Trinajstić information content (AvgIpc) is 3.36. The minimum Gasteiger partial charge on any atom is -0.495 e. The van der Waals surface area contributed by atoms with Crippen LogP contribution in [0.25, 0.3) is 0 Å². The summed E-state index contributed by atoms with van der Waals surface area (Å²) in [4.78, 5) is 14.8. The van der Waals surface area contributed by atoms with Crippen LogP contribution in [0.3, 0.4) is 0 Å².